The number of nitrogens with two attached hydrogens (primary N) is 1. The van der Waals surface area contributed by atoms with Gasteiger partial charge in [-0.1, -0.05) is 17.7 Å². The first-order valence-corrected chi connectivity index (χ1v) is 4.79. The lowest BCUT2D eigenvalue weighted by Crippen LogP contribution is -2.25. The van der Waals surface area contributed by atoms with Gasteiger partial charge >= 0.3 is 0 Å². The molecule has 3 N–H and O–H groups in total. The Morgan fingerprint density at radius 3 is 2.93 bits per heavy atom. The minimum absolute atomic E-state index is 0.0258. The topological polar surface area (TPSA) is 55.1 Å². The molecule has 0 saturated carbocycles. The maximum atomic E-state index is 11.5. The number of hydrogen-bond acceptors (Lipinski definition) is 2. The zero-order valence-corrected chi connectivity index (χ0v) is 8.42. The van der Waals surface area contributed by atoms with Crippen LogP contribution in [0.4, 0.5) is 0 Å². The van der Waals surface area contributed by atoms with Gasteiger partial charge in [0.1, 0.15) is 0 Å². The Morgan fingerprint density at radius 2 is 2.29 bits per heavy atom. The Hall–Kier alpha value is -1.35. The molecular formula is C11H16N2O. The molecule has 0 aliphatic carbocycles. The Morgan fingerprint density at radius 1 is 1.50 bits per heavy atom. The Bertz CT molecular complexity index is 310. The Kier molecular flexibility index (Phi) is 4.13. The lowest BCUT2D eigenvalue weighted by molar-refractivity contribution is 0.0953. The SMILES string of the molecule is Cc1cccc(C(=O)NCCCN)c1. The van der Waals surface area contributed by atoms with Gasteiger partial charge in [0.25, 0.3) is 5.91 Å². The van der Waals surface area contributed by atoms with Crippen LogP contribution in [0.5, 0.6) is 0 Å². The van der Waals surface area contributed by atoms with Crippen LogP contribution in [0.3, 0.4) is 0 Å². The van der Waals surface area contributed by atoms with Crippen molar-refractivity contribution >= 4 is 5.91 Å². The first-order chi connectivity index (χ1) is 6.74. The molecule has 0 aliphatic heterocycles. The first-order valence-electron chi connectivity index (χ1n) is 4.79. The van der Waals surface area contributed by atoms with E-state index in [-0.39, 0.29) is 5.91 Å². The second kappa shape index (κ2) is 5.40. The molecule has 0 fully saturated rings. The van der Waals surface area contributed by atoms with Crippen LogP contribution in [-0.4, -0.2) is 19.0 Å². The molecule has 0 unspecified atom stereocenters. The largest absolute Gasteiger partial charge is 0.352 e. The van der Waals surface area contributed by atoms with E-state index in [2.05, 4.69) is 5.32 Å². The number of hydrogen-bond donors (Lipinski definition) is 2. The summed E-state index contributed by atoms with van der Waals surface area (Å²) in [5.41, 5.74) is 7.13. The van der Waals surface area contributed by atoms with Crippen molar-refractivity contribution in [2.24, 2.45) is 5.73 Å². The normalized spacial score (nSPS) is 9.86. The molecule has 1 rings (SSSR count). The van der Waals surface area contributed by atoms with Crippen LogP contribution in [0.2, 0.25) is 0 Å². The summed E-state index contributed by atoms with van der Waals surface area (Å²) < 4.78 is 0. The van der Waals surface area contributed by atoms with Crippen molar-refractivity contribution in [3.8, 4) is 0 Å². The van der Waals surface area contributed by atoms with Crippen molar-refractivity contribution in [2.45, 2.75) is 13.3 Å². The van der Waals surface area contributed by atoms with Crippen molar-refractivity contribution in [3.63, 3.8) is 0 Å². The predicted octanol–water partition coefficient (Wildman–Crippen LogP) is 1.07. The number of aryl methyl sites for hydroxylation is 1. The van der Waals surface area contributed by atoms with Crippen molar-refractivity contribution in [3.05, 3.63) is 35.4 Å². The van der Waals surface area contributed by atoms with Gasteiger partial charge < -0.3 is 11.1 Å². The second-order valence-corrected chi connectivity index (χ2v) is 3.27. The minimum Gasteiger partial charge on any atom is -0.352 e. The van der Waals surface area contributed by atoms with Gasteiger partial charge in [-0.2, -0.15) is 0 Å². The van der Waals surface area contributed by atoms with Crippen LogP contribution < -0.4 is 11.1 Å². The number of carbonyl (C=O) groups is 1. The fraction of sp³-hybridized carbons (Fsp3) is 0.364. The minimum atomic E-state index is -0.0258. The monoisotopic (exact) mass is 192 g/mol. The molecule has 0 bridgehead atoms. The Balaban J connectivity index is 2.52. The molecular weight excluding hydrogens is 176 g/mol. The highest BCUT2D eigenvalue weighted by Crippen LogP contribution is 2.03. The molecule has 76 valence electrons. The summed E-state index contributed by atoms with van der Waals surface area (Å²) in [5.74, 6) is -0.0258. The fourth-order valence-electron chi connectivity index (χ4n) is 1.19. The van der Waals surface area contributed by atoms with E-state index in [0.29, 0.717) is 18.7 Å². The van der Waals surface area contributed by atoms with Gasteiger partial charge in [-0.3, -0.25) is 4.79 Å². The zero-order chi connectivity index (χ0) is 10.4. The molecule has 0 radical (unpaired) electrons. The third kappa shape index (κ3) is 3.18. The average molecular weight is 192 g/mol. The molecule has 0 aromatic heterocycles. The number of carbonyl (C=O) groups excluding carboxylic acids is 1. The lowest BCUT2D eigenvalue weighted by atomic mass is 10.1. The van der Waals surface area contributed by atoms with Crippen LogP contribution in [0.1, 0.15) is 22.3 Å². The van der Waals surface area contributed by atoms with Gasteiger partial charge in [0.05, 0.1) is 0 Å². The molecule has 14 heavy (non-hydrogen) atoms. The maximum absolute atomic E-state index is 11.5. The summed E-state index contributed by atoms with van der Waals surface area (Å²) in [4.78, 5) is 11.5. The molecule has 0 heterocycles. The molecule has 3 nitrogen and oxygen atoms in total. The highest BCUT2D eigenvalue weighted by atomic mass is 16.1. The quantitative estimate of drug-likeness (QED) is 0.701. The van der Waals surface area contributed by atoms with E-state index < -0.39 is 0 Å². The number of benzene rings is 1. The molecule has 3 heteroatoms. The average Bonchev–Trinajstić information content (AvgIpc) is 2.18. The van der Waals surface area contributed by atoms with Gasteiger partial charge in [0, 0.05) is 12.1 Å². The number of rotatable bonds is 4. The highest BCUT2D eigenvalue weighted by molar-refractivity contribution is 5.94. The molecule has 0 aliphatic rings. The van der Waals surface area contributed by atoms with Crippen molar-refractivity contribution < 1.29 is 4.79 Å². The van der Waals surface area contributed by atoms with Crippen molar-refractivity contribution in [1.82, 2.24) is 5.32 Å². The third-order valence-electron chi connectivity index (χ3n) is 1.95. The molecule has 1 aromatic rings. The van der Waals surface area contributed by atoms with Crippen LogP contribution >= 0.6 is 0 Å². The second-order valence-electron chi connectivity index (χ2n) is 3.27. The van der Waals surface area contributed by atoms with Crippen LogP contribution in [-0.2, 0) is 0 Å². The lowest BCUT2D eigenvalue weighted by Gasteiger charge is -2.04. The molecule has 0 spiro atoms. The summed E-state index contributed by atoms with van der Waals surface area (Å²) in [5, 5.41) is 2.81. The fourth-order valence-corrected chi connectivity index (χ4v) is 1.19. The first kappa shape index (κ1) is 10.7. The molecule has 0 atom stereocenters. The zero-order valence-electron chi connectivity index (χ0n) is 8.42. The van der Waals surface area contributed by atoms with Gasteiger partial charge in [0.15, 0.2) is 0 Å². The predicted molar refractivity (Wildman–Crippen MR) is 57.2 cm³/mol. The maximum Gasteiger partial charge on any atom is 0.251 e. The Labute approximate surface area is 84.3 Å². The summed E-state index contributed by atoms with van der Waals surface area (Å²) in [6, 6.07) is 7.53. The molecule has 0 saturated heterocycles. The van der Waals surface area contributed by atoms with Crippen molar-refractivity contribution in [1.29, 1.82) is 0 Å². The number of amides is 1. The van der Waals surface area contributed by atoms with E-state index >= 15 is 0 Å². The summed E-state index contributed by atoms with van der Waals surface area (Å²) in [7, 11) is 0. The van der Waals surface area contributed by atoms with E-state index in [4.69, 9.17) is 5.73 Å². The van der Waals surface area contributed by atoms with Gasteiger partial charge in [0.2, 0.25) is 0 Å². The van der Waals surface area contributed by atoms with E-state index in [1.54, 1.807) is 0 Å². The van der Waals surface area contributed by atoms with Crippen LogP contribution in [0, 0.1) is 6.92 Å². The van der Waals surface area contributed by atoms with Crippen molar-refractivity contribution in [2.75, 3.05) is 13.1 Å². The van der Waals surface area contributed by atoms with E-state index in [9.17, 15) is 4.79 Å². The van der Waals surface area contributed by atoms with Crippen LogP contribution in [0.25, 0.3) is 0 Å². The molecule has 1 aromatic carbocycles. The molecule has 1 amide bonds. The van der Waals surface area contributed by atoms with Gasteiger partial charge in [-0.25, -0.2) is 0 Å². The van der Waals surface area contributed by atoms with E-state index in [0.717, 1.165) is 12.0 Å². The summed E-state index contributed by atoms with van der Waals surface area (Å²) in [6.45, 7) is 3.22. The van der Waals surface area contributed by atoms with Crippen LogP contribution in [0.15, 0.2) is 24.3 Å². The summed E-state index contributed by atoms with van der Waals surface area (Å²) in [6.07, 6.45) is 0.817. The highest BCUT2D eigenvalue weighted by Gasteiger charge is 2.03. The third-order valence-corrected chi connectivity index (χ3v) is 1.95. The van der Waals surface area contributed by atoms with E-state index in [1.165, 1.54) is 0 Å². The van der Waals surface area contributed by atoms with E-state index in [1.807, 2.05) is 31.2 Å². The smallest absolute Gasteiger partial charge is 0.251 e. The van der Waals surface area contributed by atoms with Gasteiger partial charge in [-0.05, 0) is 32.0 Å². The summed E-state index contributed by atoms with van der Waals surface area (Å²) >= 11 is 0. The van der Waals surface area contributed by atoms with Gasteiger partial charge in [-0.15, -0.1) is 0 Å². The number of nitrogens with one attached hydrogen (secondary N) is 1. The standard InChI is InChI=1S/C11H16N2O/c1-9-4-2-5-10(8-9)11(14)13-7-3-6-12/h2,4-5,8H,3,6-7,12H2,1H3,(H,13,14).